The van der Waals surface area contributed by atoms with Gasteiger partial charge < -0.3 is 4.89 Å². The molecule has 0 saturated heterocycles. The van der Waals surface area contributed by atoms with E-state index in [-0.39, 0.29) is 15.1 Å². The summed E-state index contributed by atoms with van der Waals surface area (Å²) in [5.74, 6) is 0. The third kappa shape index (κ3) is 2.53. The highest BCUT2D eigenvalue weighted by Crippen LogP contribution is 2.21. The SMILES string of the molecule is O=[PH](O)c1ccc(S(=O)(=O)c2ccccc2)cc1. The van der Waals surface area contributed by atoms with Crippen LogP contribution in [0.3, 0.4) is 0 Å². The molecule has 1 N–H and O–H groups in total. The summed E-state index contributed by atoms with van der Waals surface area (Å²) in [5.41, 5.74) is 0. The van der Waals surface area contributed by atoms with Gasteiger partial charge in [0.25, 0.3) is 0 Å². The Kier molecular flexibility index (Phi) is 3.66. The summed E-state index contributed by atoms with van der Waals surface area (Å²) in [5, 5.41) is 0.243. The Bertz CT molecular complexity index is 663. The molecule has 0 aliphatic heterocycles. The Morgan fingerprint density at radius 3 is 1.83 bits per heavy atom. The molecule has 1 unspecified atom stereocenters. The molecule has 0 fully saturated rings. The Morgan fingerprint density at radius 1 is 0.833 bits per heavy atom. The smallest absolute Gasteiger partial charge is 0.218 e. The van der Waals surface area contributed by atoms with Crippen molar-refractivity contribution >= 4 is 23.2 Å². The number of benzene rings is 2. The fraction of sp³-hybridized carbons (Fsp3) is 0. The lowest BCUT2D eigenvalue weighted by Crippen LogP contribution is -2.04. The van der Waals surface area contributed by atoms with E-state index >= 15 is 0 Å². The second kappa shape index (κ2) is 5.06. The monoisotopic (exact) mass is 282 g/mol. The van der Waals surface area contributed by atoms with E-state index in [1.807, 2.05) is 0 Å². The molecule has 0 saturated carbocycles. The van der Waals surface area contributed by atoms with E-state index in [2.05, 4.69) is 0 Å². The number of sulfone groups is 1. The van der Waals surface area contributed by atoms with Crippen LogP contribution >= 0.6 is 8.03 Å². The van der Waals surface area contributed by atoms with Crippen molar-refractivity contribution in [1.82, 2.24) is 0 Å². The van der Waals surface area contributed by atoms with Gasteiger partial charge in [0.2, 0.25) is 17.9 Å². The van der Waals surface area contributed by atoms with Crippen molar-refractivity contribution in [3.05, 3.63) is 54.6 Å². The lowest BCUT2D eigenvalue weighted by atomic mass is 10.4. The minimum atomic E-state index is -3.55. The Labute approximate surface area is 106 Å². The van der Waals surface area contributed by atoms with Crippen molar-refractivity contribution in [3.8, 4) is 0 Å². The molecular formula is C12H11O4PS. The van der Waals surface area contributed by atoms with Crippen LogP contribution in [0.1, 0.15) is 0 Å². The number of rotatable bonds is 3. The summed E-state index contributed by atoms with van der Waals surface area (Å²) in [6, 6.07) is 13.5. The first-order valence-corrected chi connectivity index (χ1v) is 7.99. The third-order valence-corrected chi connectivity index (χ3v) is 5.08. The van der Waals surface area contributed by atoms with Crippen LogP contribution < -0.4 is 5.30 Å². The van der Waals surface area contributed by atoms with Crippen LogP contribution in [0.25, 0.3) is 0 Å². The van der Waals surface area contributed by atoms with Gasteiger partial charge in [-0.3, -0.25) is 4.57 Å². The van der Waals surface area contributed by atoms with Gasteiger partial charge in [0.1, 0.15) is 0 Å². The fourth-order valence-corrected chi connectivity index (χ4v) is 3.25. The molecular weight excluding hydrogens is 271 g/mol. The average molecular weight is 282 g/mol. The van der Waals surface area contributed by atoms with Gasteiger partial charge in [-0.05, 0) is 36.4 Å². The maximum absolute atomic E-state index is 12.2. The van der Waals surface area contributed by atoms with Gasteiger partial charge in [-0.1, -0.05) is 18.2 Å². The van der Waals surface area contributed by atoms with Crippen molar-refractivity contribution < 1.29 is 17.9 Å². The molecule has 2 aromatic rings. The van der Waals surface area contributed by atoms with Crippen LogP contribution in [0, 0.1) is 0 Å². The van der Waals surface area contributed by atoms with Crippen LogP contribution in [-0.4, -0.2) is 13.3 Å². The molecule has 0 heterocycles. The zero-order valence-electron chi connectivity index (χ0n) is 9.28. The molecule has 0 bridgehead atoms. The molecule has 94 valence electrons. The van der Waals surface area contributed by atoms with E-state index in [0.29, 0.717) is 0 Å². The molecule has 2 aromatic carbocycles. The summed E-state index contributed by atoms with van der Waals surface area (Å²) in [6.45, 7) is 0. The van der Waals surface area contributed by atoms with E-state index in [1.165, 1.54) is 36.4 Å². The van der Waals surface area contributed by atoms with E-state index in [4.69, 9.17) is 4.89 Å². The van der Waals surface area contributed by atoms with Crippen molar-refractivity contribution in [3.63, 3.8) is 0 Å². The Balaban J connectivity index is 2.46. The maximum atomic E-state index is 12.2. The molecule has 2 rings (SSSR count). The number of hydrogen-bond acceptors (Lipinski definition) is 3. The van der Waals surface area contributed by atoms with E-state index in [0.717, 1.165) is 0 Å². The predicted molar refractivity (Wildman–Crippen MR) is 69.2 cm³/mol. The summed E-state index contributed by atoms with van der Waals surface area (Å²) in [6.07, 6.45) is 0. The molecule has 4 nitrogen and oxygen atoms in total. The lowest BCUT2D eigenvalue weighted by molar-refractivity contribution is 0.513. The van der Waals surface area contributed by atoms with Crippen LogP contribution in [0.5, 0.6) is 0 Å². The zero-order chi connectivity index (χ0) is 13.2. The predicted octanol–water partition coefficient (Wildman–Crippen LogP) is 1.61. The minimum Gasteiger partial charge on any atom is -0.343 e. The molecule has 0 aromatic heterocycles. The summed E-state index contributed by atoms with van der Waals surface area (Å²) in [4.78, 5) is 9.25. The van der Waals surface area contributed by atoms with Gasteiger partial charge in [0.15, 0.2) is 0 Å². The highest BCUT2D eigenvalue weighted by Gasteiger charge is 2.16. The molecule has 18 heavy (non-hydrogen) atoms. The first-order chi connectivity index (χ1) is 8.51. The standard InChI is InChI=1S/C12H11O4PS/c13-17(14)10-6-8-12(9-7-10)18(15,16)11-4-2-1-3-5-11/h1-9,17H,(H,13,14). The minimum absolute atomic E-state index is 0.112. The van der Waals surface area contributed by atoms with Gasteiger partial charge >= 0.3 is 0 Å². The normalized spacial score (nSPS) is 13.2. The quantitative estimate of drug-likeness (QED) is 0.868. The summed E-state index contributed by atoms with van der Waals surface area (Å²) < 4.78 is 35.2. The summed E-state index contributed by atoms with van der Waals surface area (Å²) >= 11 is 0. The Hall–Kier alpha value is -1.42. The zero-order valence-corrected chi connectivity index (χ0v) is 11.1. The highest BCUT2D eigenvalue weighted by molar-refractivity contribution is 7.91. The van der Waals surface area contributed by atoms with Crippen LogP contribution in [-0.2, 0) is 14.4 Å². The third-order valence-electron chi connectivity index (χ3n) is 2.47. The topological polar surface area (TPSA) is 71.4 Å². The van der Waals surface area contributed by atoms with Crippen LogP contribution in [0.4, 0.5) is 0 Å². The molecule has 0 aliphatic carbocycles. The van der Waals surface area contributed by atoms with Crippen molar-refractivity contribution in [1.29, 1.82) is 0 Å². The summed E-state index contributed by atoms with van der Waals surface area (Å²) in [7, 11) is -6.34. The van der Waals surface area contributed by atoms with Gasteiger partial charge in [-0.25, -0.2) is 8.42 Å². The van der Waals surface area contributed by atoms with Crippen molar-refractivity contribution in [2.24, 2.45) is 0 Å². The van der Waals surface area contributed by atoms with Gasteiger partial charge in [0.05, 0.1) is 9.79 Å². The first kappa shape index (κ1) is 13.0. The second-order valence-corrected chi connectivity index (χ2v) is 6.78. The largest absolute Gasteiger partial charge is 0.343 e. The average Bonchev–Trinajstić information content (AvgIpc) is 2.40. The molecule has 6 heteroatoms. The van der Waals surface area contributed by atoms with Crippen molar-refractivity contribution in [2.45, 2.75) is 9.79 Å². The number of hydrogen-bond donors (Lipinski definition) is 1. The second-order valence-electron chi connectivity index (χ2n) is 3.65. The molecule has 1 atom stereocenters. The van der Waals surface area contributed by atoms with Crippen LogP contribution in [0.2, 0.25) is 0 Å². The maximum Gasteiger partial charge on any atom is 0.218 e. The molecule has 0 amide bonds. The van der Waals surface area contributed by atoms with Gasteiger partial charge in [-0.2, -0.15) is 0 Å². The first-order valence-electron chi connectivity index (χ1n) is 5.15. The highest BCUT2D eigenvalue weighted by atomic mass is 32.2. The molecule has 0 aliphatic rings. The van der Waals surface area contributed by atoms with E-state index in [9.17, 15) is 13.0 Å². The van der Waals surface area contributed by atoms with E-state index in [1.54, 1.807) is 18.2 Å². The fourth-order valence-electron chi connectivity index (χ4n) is 1.51. The molecule has 0 radical (unpaired) electrons. The van der Waals surface area contributed by atoms with Crippen molar-refractivity contribution in [2.75, 3.05) is 0 Å². The van der Waals surface area contributed by atoms with Gasteiger partial charge in [0, 0.05) is 5.30 Å². The Morgan fingerprint density at radius 2 is 1.33 bits per heavy atom. The van der Waals surface area contributed by atoms with Gasteiger partial charge in [-0.15, -0.1) is 0 Å². The van der Waals surface area contributed by atoms with Crippen LogP contribution in [0.15, 0.2) is 64.4 Å². The van der Waals surface area contributed by atoms with E-state index < -0.39 is 17.9 Å². The molecule has 0 spiro atoms. The lowest BCUT2D eigenvalue weighted by Gasteiger charge is -2.04.